The van der Waals surface area contributed by atoms with Crippen molar-refractivity contribution in [1.82, 2.24) is 14.5 Å². The summed E-state index contributed by atoms with van der Waals surface area (Å²) in [4.78, 5) is 10.4. The molecule has 5 heteroatoms. The Bertz CT molecular complexity index is 582. The zero-order valence-electron chi connectivity index (χ0n) is 10.2. The maximum Gasteiger partial charge on any atom is 0.142 e. The predicted molar refractivity (Wildman–Crippen MR) is 71.5 cm³/mol. The van der Waals surface area contributed by atoms with Crippen molar-refractivity contribution in [2.24, 2.45) is 5.73 Å². The molecule has 1 unspecified atom stereocenters. The molecule has 4 rings (SSSR count). The summed E-state index contributed by atoms with van der Waals surface area (Å²) in [6, 6.07) is 0.842. The Morgan fingerprint density at radius 1 is 1.33 bits per heavy atom. The van der Waals surface area contributed by atoms with Gasteiger partial charge in [0.1, 0.15) is 5.01 Å². The van der Waals surface area contributed by atoms with Crippen LogP contribution in [-0.2, 0) is 6.42 Å². The van der Waals surface area contributed by atoms with Gasteiger partial charge in [0.05, 0.1) is 23.9 Å². The van der Waals surface area contributed by atoms with Gasteiger partial charge in [0, 0.05) is 17.0 Å². The number of nitrogens with zero attached hydrogens (tertiary/aromatic N) is 3. The number of rotatable bonds is 2. The second kappa shape index (κ2) is 3.90. The van der Waals surface area contributed by atoms with Gasteiger partial charge in [0.25, 0.3) is 0 Å². The van der Waals surface area contributed by atoms with Gasteiger partial charge in [-0.3, -0.25) is 0 Å². The standard InChI is InChI=1S/C13H16N4S/c14-9-2-1-3-10-12(9)18-13(16-10)11-6-15-7-17(11)8-4-5-8/h6-9H,1-5,14H2. The van der Waals surface area contributed by atoms with E-state index in [4.69, 9.17) is 10.7 Å². The first-order valence-electron chi connectivity index (χ1n) is 6.60. The molecule has 1 fully saturated rings. The molecule has 0 amide bonds. The first kappa shape index (κ1) is 10.7. The van der Waals surface area contributed by atoms with Gasteiger partial charge in [-0.2, -0.15) is 0 Å². The second-order valence-electron chi connectivity index (χ2n) is 5.25. The van der Waals surface area contributed by atoms with Gasteiger partial charge in [-0.25, -0.2) is 9.97 Å². The largest absolute Gasteiger partial charge is 0.326 e. The molecular weight excluding hydrogens is 244 g/mol. The fourth-order valence-electron chi connectivity index (χ4n) is 2.68. The monoisotopic (exact) mass is 260 g/mol. The lowest BCUT2D eigenvalue weighted by Gasteiger charge is -2.15. The number of thiazole rings is 1. The molecule has 2 aromatic rings. The van der Waals surface area contributed by atoms with E-state index < -0.39 is 0 Å². The molecule has 18 heavy (non-hydrogen) atoms. The van der Waals surface area contributed by atoms with Gasteiger partial charge >= 0.3 is 0 Å². The number of hydrogen-bond donors (Lipinski definition) is 1. The van der Waals surface area contributed by atoms with E-state index in [2.05, 4.69) is 9.55 Å². The van der Waals surface area contributed by atoms with Crippen molar-refractivity contribution in [3.8, 4) is 10.7 Å². The number of nitrogens with two attached hydrogens (primary N) is 1. The highest BCUT2D eigenvalue weighted by Crippen LogP contribution is 2.41. The molecule has 1 atom stereocenters. The molecule has 1 saturated carbocycles. The van der Waals surface area contributed by atoms with E-state index in [9.17, 15) is 0 Å². The quantitative estimate of drug-likeness (QED) is 0.903. The summed E-state index contributed by atoms with van der Waals surface area (Å²) in [6.45, 7) is 0. The van der Waals surface area contributed by atoms with Crippen molar-refractivity contribution in [2.45, 2.75) is 44.2 Å². The maximum atomic E-state index is 6.17. The topological polar surface area (TPSA) is 56.7 Å². The zero-order chi connectivity index (χ0) is 12.1. The third-order valence-corrected chi connectivity index (χ3v) is 5.07. The summed E-state index contributed by atoms with van der Waals surface area (Å²) in [5.74, 6) is 0. The normalized spacial score (nSPS) is 23.1. The molecule has 0 radical (unpaired) electrons. The molecule has 2 N–H and O–H groups in total. The second-order valence-corrected chi connectivity index (χ2v) is 6.28. The summed E-state index contributed by atoms with van der Waals surface area (Å²) in [7, 11) is 0. The van der Waals surface area contributed by atoms with Crippen LogP contribution < -0.4 is 5.73 Å². The van der Waals surface area contributed by atoms with Gasteiger partial charge in [-0.15, -0.1) is 11.3 Å². The van der Waals surface area contributed by atoms with E-state index in [1.807, 2.05) is 12.5 Å². The Balaban J connectivity index is 1.78. The molecule has 4 nitrogen and oxygen atoms in total. The van der Waals surface area contributed by atoms with Crippen LogP contribution in [0.4, 0.5) is 0 Å². The third-order valence-electron chi connectivity index (χ3n) is 3.82. The summed E-state index contributed by atoms with van der Waals surface area (Å²) < 4.78 is 2.27. The molecule has 2 aromatic heterocycles. The van der Waals surface area contributed by atoms with Crippen LogP contribution in [-0.4, -0.2) is 14.5 Å². The summed E-state index contributed by atoms with van der Waals surface area (Å²) in [5, 5.41) is 1.10. The lowest BCUT2D eigenvalue weighted by Crippen LogP contribution is -2.15. The van der Waals surface area contributed by atoms with Crippen LogP contribution in [0.2, 0.25) is 0 Å². The van der Waals surface area contributed by atoms with Crippen molar-refractivity contribution in [1.29, 1.82) is 0 Å². The van der Waals surface area contributed by atoms with Crippen LogP contribution in [0.3, 0.4) is 0 Å². The lowest BCUT2D eigenvalue weighted by molar-refractivity contribution is 0.573. The van der Waals surface area contributed by atoms with Crippen LogP contribution >= 0.6 is 11.3 Å². The van der Waals surface area contributed by atoms with E-state index in [0.29, 0.717) is 6.04 Å². The van der Waals surface area contributed by atoms with Crippen molar-refractivity contribution in [3.05, 3.63) is 23.1 Å². The highest BCUT2D eigenvalue weighted by Gasteiger charge is 2.28. The van der Waals surface area contributed by atoms with E-state index in [0.717, 1.165) is 17.8 Å². The van der Waals surface area contributed by atoms with Gasteiger partial charge < -0.3 is 10.3 Å². The Hall–Kier alpha value is -1.20. The van der Waals surface area contributed by atoms with E-state index >= 15 is 0 Å². The average Bonchev–Trinajstić information content (AvgIpc) is 2.92. The lowest BCUT2D eigenvalue weighted by atomic mass is 9.99. The number of fused-ring (bicyclic) bond motifs is 1. The Labute approximate surface area is 110 Å². The molecule has 94 valence electrons. The minimum atomic E-state index is 0.192. The molecule has 0 saturated heterocycles. The first-order valence-corrected chi connectivity index (χ1v) is 7.42. The molecule has 0 bridgehead atoms. The van der Waals surface area contributed by atoms with Crippen LogP contribution in [0.5, 0.6) is 0 Å². The number of aromatic nitrogens is 3. The highest BCUT2D eigenvalue weighted by atomic mass is 32.1. The van der Waals surface area contributed by atoms with Gasteiger partial charge in [-0.05, 0) is 32.1 Å². The average molecular weight is 260 g/mol. The smallest absolute Gasteiger partial charge is 0.142 e. The molecule has 0 spiro atoms. The van der Waals surface area contributed by atoms with E-state index in [1.54, 1.807) is 11.3 Å². The Kier molecular flexibility index (Phi) is 2.32. The van der Waals surface area contributed by atoms with Crippen molar-refractivity contribution in [2.75, 3.05) is 0 Å². The van der Waals surface area contributed by atoms with Crippen molar-refractivity contribution < 1.29 is 0 Å². The van der Waals surface area contributed by atoms with Crippen LogP contribution in [0.1, 0.15) is 48.3 Å². The van der Waals surface area contributed by atoms with E-state index in [-0.39, 0.29) is 6.04 Å². The minimum absolute atomic E-state index is 0.192. The number of imidazole rings is 1. The fourth-order valence-corrected chi connectivity index (χ4v) is 3.84. The Morgan fingerprint density at radius 2 is 2.22 bits per heavy atom. The van der Waals surface area contributed by atoms with Crippen LogP contribution in [0, 0.1) is 0 Å². The van der Waals surface area contributed by atoms with E-state index in [1.165, 1.54) is 35.5 Å². The zero-order valence-corrected chi connectivity index (χ0v) is 11.0. The first-order chi connectivity index (χ1) is 8.83. The van der Waals surface area contributed by atoms with Gasteiger partial charge in [0.2, 0.25) is 0 Å². The molecular formula is C13H16N4S. The summed E-state index contributed by atoms with van der Waals surface area (Å²) in [6.07, 6.45) is 9.76. The minimum Gasteiger partial charge on any atom is -0.326 e. The predicted octanol–water partition coefficient (Wildman–Crippen LogP) is 2.68. The summed E-state index contributed by atoms with van der Waals surface area (Å²) >= 11 is 1.76. The van der Waals surface area contributed by atoms with Crippen LogP contribution in [0.25, 0.3) is 10.7 Å². The molecule has 0 aromatic carbocycles. The van der Waals surface area contributed by atoms with Crippen molar-refractivity contribution >= 4 is 11.3 Å². The fraction of sp³-hybridized carbons (Fsp3) is 0.538. The van der Waals surface area contributed by atoms with Crippen LogP contribution in [0.15, 0.2) is 12.5 Å². The SMILES string of the molecule is NC1CCCc2nc(-c3cncn3C3CC3)sc21. The molecule has 2 aliphatic carbocycles. The number of aryl methyl sites for hydroxylation is 1. The maximum absolute atomic E-state index is 6.17. The highest BCUT2D eigenvalue weighted by molar-refractivity contribution is 7.15. The Morgan fingerprint density at radius 3 is 3.00 bits per heavy atom. The number of hydrogen-bond acceptors (Lipinski definition) is 4. The molecule has 0 aliphatic heterocycles. The van der Waals surface area contributed by atoms with Gasteiger partial charge in [0.15, 0.2) is 0 Å². The molecule has 2 aliphatic rings. The summed E-state index contributed by atoms with van der Waals surface area (Å²) in [5.41, 5.74) is 8.56. The van der Waals surface area contributed by atoms with Gasteiger partial charge in [-0.1, -0.05) is 0 Å². The third kappa shape index (κ3) is 1.61. The van der Waals surface area contributed by atoms with Crippen molar-refractivity contribution in [3.63, 3.8) is 0 Å². The molecule has 2 heterocycles.